The molecule has 0 atom stereocenters. The van der Waals surface area contributed by atoms with Crippen LogP contribution in [0.3, 0.4) is 0 Å². The van der Waals surface area contributed by atoms with Crippen LogP contribution < -0.4 is 5.73 Å². The molecule has 8 nitrogen and oxygen atoms in total. The summed E-state index contributed by atoms with van der Waals surface area (Å²) in [5.74, 6) is -5.02. The minimum Gasteiger partial charge on any atom is -0.481 e. The molecule has 0 aromatic heterocycles. The Hall–Kier alpha value is -1.15. The van der Waals surface area contributed by atoms with E-state index in [4.69, 9.17) is 26.2 Å². The van der Waals surface area contributed by atoms with Gasteiger partial charge >= 0.3 is 17.9 Å². The Bertz CT molecular complexity index is 274. The van der Waals surface area contributed by atoms with Crippen molar-refractivity contribution in [3.05, 3.63) is 0 Å². The summed E-state index contributed by atoms with van der Waals surface area (Å²) >= 11 is 0. The van der Waals surface area contributed by atoms with E-state index in [-0.39, 0.29) is 17.1 Å². The summed E-state index contributed by atoms with van der Waals surface area (Å²) in [5.41, 5.74) is 2.37. The minimum atomic E-state index is -2.74. The van der Waals surface area contributed by atoms with E-state index in [1.54, 1.807) is 0 Å². The molecule has 0 aliphatic carbocycles. The average Bonchev–Trinajstić information content (AvgIpc) is 1.98. The van der Waals surface area contributed by atoms with Gasteiger partial charge in [0.2, 0.25) is 0 Å². The van der Waals surface area contributed by atoms with Crippen LogP contribution in [0.4, 0.5) is 0 Å². The van der Waals surface area contributed by atoms with Gasteiger partial charge in [0, 0.05) is 17.1 Å². The number of carboxylic acids is 3. The molecule has 0 heterocycles. The smallest absolute Gasteiger partial charge is 0.336 e. The second-order valence-corrected chi connectivity index (χ2v) is 3.72. The standard InChI is InChI=1S/C6H8O7.C3H9N.Fe/c7-3(8)1-6(13,5(11)12)2-4(9)10;1-3(2)4;/h13H,1-2H2,(H,7,8)(H,9,10)(H,11,12);3H,4H2,1-2H3;. The zero-order chi connectivity index (χ0) is 14.2. The number of carboxylic acid groups (broad SMARTS) is 3. The van der Waals surface area contributed by atoms with E-state index >= 15 is 0 Å². The first-order valence-corrected chi connectivity index (χ1v) is 4.66. The zero-order valence-electron chi connectivity index (χ0n) is 9.94. The molecule has 108 valence electrons. The fourth-order valence-corrected chi connectivity index (χ4v) is 0.714. The van der Waals surface area contributed by atoms with Crippen molar-refractivity contribution in [3.63, 3.8) is 0 Å². The van der Waals surface area contributed by atoms with Crippen molar-refractivity contribution in [1.82, 2.24) is 0 Å². The summed E-state index contributed by atoms with van der Waals surface area (Å²) in [7, 11) is 0. The van der Waals surface area contributed by atoms with E-state index in [2.05, 4.69) is 0 Å². The maximum absolute atomic E-state index is 10.3. The summed E-state index contributed by atoms with van der Waals surface area (Å²) in [4.78, 5) is 30.5. The molecular formula is C9H17FeNO7. The predicted molar refractivity (Wildman–Crippen MR) is 56.4 cm³/mol. The fraction of sp³-hybridized carbons (Fsp3) is 0.667. The van der Waals surface area contributed by atoms with Crippen LogP contribution in [0.2, 0.25) is 0 Å². The molecule has 0 saturated carbocycles. The van der Waals surface area contributed by atoms with Gasteiger partial charge in [0.25, 0.3) is 0 Å². The van der Waals surface area contributed by atoms with E-state index in [0.29, 0.717) is 6.04 Å². The second-order valence-electron chi connectivity index (χ2n) is 3.72. The first kappa shape index (κ1) is 22.1. The molecule has 0 aliphatic heterocycles. The predicted octanol–water partition coefficient (Wildman–Crippen LogP) is -0.897. The Balaban J connectivity index is -0.000000392. The van der Waals surface area contributed by atoms with Crippen molar-refractivity contribution in [2.45, 2.75) is 38.3 Å². The molecule has 0 fully saturated rings. The third-order valence-electron chi connectivity index (χ3n) is 1.29. The molecule has 6 N–H and O–H groups in total. The van der Waals surface area contributed by atoms with Gasteiger partial charge in [-0.05, 0) is 6.04 Å². The third-order valence-corrected chi connectivity index (χ3v) is 1.29. The summed E-state index contributed by atoms with van der Waals surface area (Å²) in [5, 5.41) is 33.8. The average molecular weight is 307 g/mol. The maximum Gasteiger partial charge on any atom is 0.336 e. The topological polar surface area (TPSA) is 158 Å². The van der Waals surface area contributed by atoms with Gasteiger partial charge in [0.1, 0.15) is 0 Å². The van der Waals surface area contributed by atoms with E-state index in [0.717, 1.165) is 0 Å². The van der Waals surface area contributed by atoms with Gasteiger partial charge in [-0.3, -0.25) is 9.59 Å². The molecule has 0 saturated heterocycles. The largest absolute Gasteiger partial charge is 0.481 e. The minimum absolute atomic E-state index is 0. The third kappa shape index (κ3) is 12.9. The van der Waals surface area contributed by atoms with Crippen molar-refractivity contribution in [2.75, 3.05) is 0 Å². The van der Waals surface area contributed by atoms with E-state index in [1.165, 1.54) is 0 Å². The molecule has 0 bridgehead atoms. The molecular weight excluding hydrogens is 290 g/mol. The van der Waals surface area contributed by atoms with Gasteiger partial charge in [-0.2, -0.15) is 0 Å². The molecule has 18 heavy (non-hydrogen) atoms. The molecule has 0 radical (unpaired) electrons. The summed E-state index contributed by atoms with van der Waals surface area (Å²) in [6, 6.07) is 0.333. The number of nitrogens with two attached hydrogens (primary N) is 1. The second kappa shape index (κ2) is 9.84. The van der Waals surface area contributed by atoms with Crippen LogP contribution in [-0.4, -0.2) is 50.0 Å². The monoisotopic (exact) mass is 307 g/mol. The van der Waals surface area contributed by atoms with Crippen LogP contribution in [-0.2, 0) is 31.5 Å². The van der Waals surface area contributed by atoms with Crippen LogP contribution >= 0.6 is 0 Å². The fourth-order valence-electron chi connectivity index (χ4n) is 0.714. The van der Waals surface area contributed by atoms with E-state index in [1.807, 2.05) is 13.8 Å². The quantitative estimate of drug-likeness (QED) is 0.409. The van der Waals surface area contributed by atoms with Crippen molar-refractivity contribution in [3.8, 4) is 0 Å². The Labute approximate surface area is 114 Å². The van der Waals surface area contributed by atoms with Gasteiger partial charge < -0.3 is 26.2 Å². The summed E-state index contributed by atoms with van der Waals surface area (Å²) < 4.78 is 0. The first-order chi connectivity index (χ1) is 7.51. The zero-order valence-corrected chi connectivity index (χ0v) is 11.0. The summed E-state index contributed by atoms with van der Waals surface area (Å²) in [6.07, 6.45) is -2.29. The van der Waals surface area contributed by atoms with E-state index < -0.39 is 36.4 Å². The number of carbonyl (C=O) groups is 3. The Morgan fingerprint density at radius 1 is 1.06 bits per heavy atom. The van der Waals surface area contributed by atoms with Crippen LogP contribution in [0.1, 0.15) is 26.7 Å². The van der Waals surface area contributed by atoms with Crippen molar-refractivity contribution in [2.24, 2.45) is 5.73 Å². The van der Waals surface area contributed by atoms with Gasteiger partial charge in [0.15, 0.2) is 5.60 Å². The van der Waals surface area contributed by atoms with Gasteiger partial charge in [-0.1, -0.05) is 13.8 Å². The Morgan fingerprint density at radius 2 is 1.28 bits per heavy atom. The van der Waals surface area contributed by atoms with Crippen molar-refractivity contribution >= 4 is 17.9 Å². The molecule has 9 heteroatoms. The van der Waals surface area contributed by atoms with Crippen molar-refractivity contribution < 1.29 is 51.9 Å². The van der Waals surface area contributed by atoms with Gasteiger partial charge in [-0.15, -0.1) is 0 Å². The number of aliphatic hydroxyl groups is 1. The Kier molecular flexibility index (Phi) is 12.1. The number of hydrogen-bond donors (Lipinski definition) is 5. The number of aliphatic carboxylic acids is 3. The SMILES string of the molecule is CC(C)N.O=C(O)CC(O)(CC(=O)O)C(=O)O.[Fe]. The summed E-state index contributed by atoms with van der Waals surface area (Å²) in [6.45, 7) is 3.89. The molecule has 0 amide bonds. The molecule has 0 spiro atoms. The first-order valence-electron chi connectivity index (χ1n) is 4.66. The van der Waals surface area contributed by atoms with Crippen LogP contribution in [0, 0.1) is 0 Å². The molecule has 0 aromatic carbocycles. The molecule has 0 aromatic rings. The molecule has 0 rings (SSSR count). The number of hydrogen-bond acceptors (Lipinski definition) is 5. The van der Waals surface area contributed by atoms with Crippen LogP contribution in [0.15, 0.2) is 0 Å². The normalized spacial score (nSPS) is 9.83. The van der Waals surface area contributed by atoms with Crippen molar-refractivity contribution in [1.29, 1.82) is 0 Å². The van der Waals surface area contributed by atoms with Gasteiger partial charge in [-0.25, -0.2) is 4.79 Å². The van der Waals surface area contributed by atoms with Crippen LogP contribution in [0.5, 0.6) is 0 Å². The maximum atomic E-state index is 10.3. The Morgan fingerprint density at radius 3 is 1.39 bits per heavy atom. The number of rotatable bonds is 5. The van der Waals surface area contributed by atoms with Gasteiger partial charge in [0.05, 0.1) is 12.8 Å². The van der Waals surface area contributed by atoms with Crippen LogP contribution in [0.25, 0.3) is 0 Å². The molecule has 0 unspecified atom stereocenters. The van der Waals surface area contributed by atoms with E-state index in [9.17, 15) is 14.4 Å². The molecule has 0 aliphatic rings.